The van der Waals surface area contributed by atoms with Gasteiger partial charge in [-0.25, -0.2) is 0 Å². The molecule has 2 aromatic rings. The molecule has 0 aliphatic carbocycles. The lowest BCUT2D eigenvalue weighted by Gasteiger charge is -2.13. The zero-order chi connectivity index (χ0) is 17.4. The lowest BCUT2D eigenvalue weighted by molar-refractivity contribution is -0.138. The molecule has 2 rings (SSSR count). The van der Waals surface area contributed by atoms with Crippen LogP contribution < -0.4 is 11.5 Å². The molecule has 0 saturated heterocycles. The van der Waals surface area contributed by atoms with Gasteiger partial charge in [-0.15, -0.1) is 0 Å². The highest BCUT2D eigenvalue weighted by molar-refractivity contribution is 5.50. The third-order valence-electron chi connectivity index (χ3n) is 3.09. The maximum Gasteiger partial charge on any atom is 0.416 e. The van der Waals surface area contributed by atoms with Crippen LogP contribution in [0.15, 0.2) is 36.4 Å². The van der Waals surface area contributed by atoms with Crippen LogP contribution in [0.1, 0.15) is 22.3 Å². The van der Waals surface area contributed by atoms with E-state index in [1.54, 1.807) is 0 Å². The summed E-state index contributed by atoms with van der Waals surface area (Å²) >= 11 is 0. The third-order valence-corrected chi connectivity index (χ3v) is 3.09. The van der Waals surface area contributed by atoms with E-state index in [2.05, 4.69) is 0 Å². The third kappa shape index (κ3) is 4.30. The van der Waals surface area contributed by atoms with Gasteiger partial charge in [-0.1, -0.05) is 0 Å². The van der Waals surface area contributed by atoms with Crippen LogP contribution in [0.2, 0.25) is 0 Å². The van der Waals surface area contributed by atoms with Crippen LogP contribution in [0.5, 0.6) is 0 Å². The Morgan fingerprint density at radius 1 is 0.609 bits per heavy atom. The zero-order valence-corrected chi connectivity index (χ0v) is 11.6. The van der Waals surface area contributed by atoms with E-state index in [1.807, 2.05) is 0 Å². The Bertz CT molecular complexity index is 657. The summed E-state index contributed by atoms with van der Waals surface area (Å²) in [4.78, 5) is 0. The first-order chi connectivity index (χ1) is 10.4. The van der Waals surface area contributed by atoms with Crippen LogP contribution in [0.3, 0.4) is 0 Å². The highest BCUT2D eigenvalue weighted by Gasteiger charge is 2.32. The van der Waals surface area contributed by atoms with Crippen molar-refractivity contribution in [3.63, 3.8) is 0 Å². The maximum atomic E-state index is 12.7. The van der Waals surface area contributed by atoms with Crippen LogP contribution in [0.4, 0.5) is 37.7 Å². The monoisotopic (exact) mass is 334 g/mol. The summed E-state index contributed by atoms with van der Waals surface area (Å²) in [6.45, 7) is 0. The number of anilines is 2. The number of halogens is 6. The van der Waals surface area contributed by atoms with Gasteiger partial charge in [0.05, 0.1) is 11.1 Å². The molecule has 2 nitrogen and oxygen atoms in total. The normalized spacial score (nSPS) is 12.4. The van der Waals surface area contributed by atoms with Gasteiger partial charge in [-0.2, -0.15) is 26.3 Å². The van der Waals surface area contributed by atoms with E-state index >= 15 is 0 Å². The summed E-state index contributed by atoms with van der Waals surface area (Å²) in [6.07, 6.45) is -9.32. The predicted molar refractivity (Wildman–Crippen MR) is 74.5 cm³/mol. The fourth-order valence-corrected chi connectivity index (χ4v) is 2.20. The topological polar surface area (TPSA) is 52.0 Å². The first-order valence-electron chi connectivity index (χ1n) is 6.38. The summed E-state index contributed by atoms with van der Waals surface area (Å²) < 4.78 is 76.5. The largest absolute Gasteiger partial charge is 0.416 e. The smallest absolute Gasteiger partial charge is 0.399 e. The number of alkyl halides is 6. The molecule has 8 heteroatoms. The number of hydrogen-bond acceptors (Lipinski definition) is 2. The van der Waals surface area contributed by atoms with Crippen LogP contribution >= 0.6 is 0 Å². The van der Waals surface area contributed by atoms with Crippen molar-refractivity contribution in [2.24, 2.45) is 0 Å². The summed E-state index contributed by atoms with van der Waals surface area (Å²) in [5.74, 6) is 0. The second-order valence-electron chi connectivity index (χ2n) is 5.10. The van der Waals surface area contributed by atoms with E-state index in [9.17, 15) is 26.3 Å². The standard InChI is InChI=1S/C15H12F6N2/c16-14(17,18)10-2-8(4-12(22)6-10)1-9-3-11(15(19,20)21)7-13(23)5-9/h2-7H,1,22-23H2. The molecule has 0 bridgehead atoms. The summed E-state index contributed by atoms with van der Waals surface area (Å²) in [5, 5.41) is 0. The summed E-state index contributed by atoms with van der Waals surface area (Å²) in [7, 11) is 0. The van der Waals surface area contributed by atoms with Gasteiger partial charge in [0.1, 0.15) is 0 Å². The van der Waals surface area contributed by atoms with Crippen molar-refractivity contribution in [3.8, 4) is 0 Å². The Morgan fingerprint density at radius 2 is 0.957 bits per heavy atom. The van der Waals surface area contributed by atoms with E-state index in [0.717, 1.165) is 24.3 Å². The molecule has 0 atom stereocenters. The molecule has 0 radical (unpaired) electrons. The van der Waals surface area contributed by atoms with Crippen molar-refractivity contribution in [3.05, 3.63) is 58.7 Å². The van der Waals surface area contributed by atoms with Crippen molar-refractivity contribution < 1.29 is 26.3 Å². The molecular formula is C15H12F6N2. The van der Waals surface area contributed by atoms with Gasteiger partial charge >= 0.3 is 12.4 Å². The Balaban J connectivity index is 2.40. The Morgan fingerprint density at radius 3 is 1.26 bits per heavy atom. The maximum absolute atomic E-state index is 12.7. The van der Waals surface area contributed by atoms with Gasteiger partial charge < -0.3 is 11.5 Å². The minimum Gasteiger partial charge on any atom is -0.399 e. The van der Waals surface area contributed by atoms with Gasteiger partial charge in [0.15, 0.2) is 0 Å². The number of benzene rings is 2. The summed E-state index contributed by atoms with van der Waals surface area (Å²) in [5.41, 5.74) is 9.03. The predicted octanol–water partition coefficient (Wildman–Crippen LogP) is 4.48. The molecule has 4 N–H and O–H groups in total. The van der Waals surface area contributed by atoms with Crippen LogP contribution in [0, 0.1) is 0 Å². The molecule has 124 valence electrons. The Labute approximate surface area is 127 Å². The Hall–Kier alpha value is -2.38. The average Bonchev–Trinajstić information content (AvgIpc) is 2.35. The SMILES string of the molecule is Nc1cc(Cc2cc(N)cc(C(F)(F)F)c2)cc(C(F)(F)F)c1. The van der Waals surface area contributed by atoms with Crippen molar-refractivity contribution in [1.82, 2.24) is 0 Å². The zero-order valence-electron chi connectivity index (χ0n) is 11.6. The number of rotatable bonds is 2. The summed E-state index contributed by atoms with van der Waals surface area (Å²) in [6, 6.07) is 5.81. The molecule has 0 aromatic heterocycles. The molecule has 0 heterocycles. The van der Waals surface area contributed by atoms with E-state index < -0.39 is 23.5 Å². The first-order valence-corrected chi connectivity index (χ1v) is 6.38. The van der Waals surface area contributed by atoms with Gasteiger partial charge in [0, 0.05) is 11.4 Å². The van der Waals surface area contributed by atoms with Crippen molar-refractivity contribution >= 4 is 11.4 Å². The molecule has 2 aromatic carbocycles. The minimum atomic E-state index is -4.59. The molecule has 0 aliphatic heterocycles. The number of nitrogen functional groups attached to an aromatic ring is 2. The molecule has 0 fully saturated rings. The fourth-order valence-electron chi connectivity index (χ4n) is 2.20. The second-order valence-corrected chi connectivity index (χ2v) is 5.10. The van der Waals surface area contributed by atoms with Crippen molar-refractivity contribution in [2.45, 2.75) is 18.8 Å². The highest BCUT2D eigenvalue weighted by atomic mass is 19.4. The molecule has 0 unspecified atom stereocenters. The lowest BCUT2D eigenvalue weighted by Crippen LogP contribution is -2.08. The van der Waals surface area contributed by atoms with Crippen molar-refractivity contribution in [2.75, 3.05) is 11.5 Å². The molecule has 0 spiro atoms. The molecular weight excluding hydrogens is 322 g/mol. The van der Waals surface area contributed by atoms with E-state index in [-0.39, 0.29) is 28.9 Å². The van der Waals surface area contributed by atoms with Gasteiger partial charge in [-0.3, -0.25) is 0 Å². The second kappa shape index (κ2) is 5.68. The van der Waals surface area contributed by atoms with Crippen LogP contribution in [0.25, 0.3) is 0 Å². The molecule has 23 heavy (non-hydrogen) atoms. The van der Waals surface area contributed by atoms with E-state index in [4.69, 9.17) is 11.5 Å². The van der Waals surface area contributed by atoms with E-state index in [1.165, 1.54) is 12.1 Å². The lowest BCUT2D eigenvalue weighted by atomic mass is 9.99. The average molecular weight is 334 g/mol. The van der Waals surface area contributed by atoms with Gasteiger partial charge in [0.2, 0.25) is 0 Å². The van der Waals surface area contributed by atoms with E-state index in [0.29, 0.717) is 0 Å². The highest BCUT2D eigenvalue weighted by Crippen LogP contribution is 2.34. The first kappa shape index (κ1) is 17.0. The van der Waals surface area contributed by atoms with Gasteiger partial charge in [0.25, 0.3) is 0 Å². The van der Waals surface area contributed by atoms with Crippen molar-refractivity contribution in [1.29, 1.82) is 0 Å². The minimum absolute atomic E-state index is 0.116. The van der Waals surface area contributed by atoms with Gasteiger partial charge in [-0.05, 0) is 53.9 Å². The molecule has 0 amide bonds. The molecule has 0 saturated carbocycles. The quantitative estimate of drug-likeness (QED) is 0.628. The number of hydrogen-bond donors (Lipinski definition) is 2. The fraction of sp³-hybridized carbons (Fsp3) is 0.200. The Kier molecular flexibility index (Phi) is 4.19. The van der Waals surface area contributed by atoms with Crippen LogP contribution in [-0.4, -0.2) is 0 Å². The van der Waals surface area contributed by atoms with Crippen LogP contribution in [-0.2, 0) is 18.8 Å². The number of nitrogens with two attached hydrogens (primary N) is 2. The molecule has 0 aliphatic rings.